The number of benzene rings is 9. The lowest BCUT2D eigenvalue weighted by Crippen LogP contribution is -2.00. The van der Waals surface area contributed by atoms with Crippen LogP contribution < -0.4 is 0 Å². The van der Waals surface area contributed by atoms with Crippen molar-refractivity contribution in [2.24, 2.45) is 0 Å². The molecule has 12 aromatic rings. The molecule has 0 spiro atoms. The van der Waals surface area contributed by atoms with Gasteiger partial charge in [-0.05, 0) is 76.8 Å². The van der Waals surface area contributed by atoms with Crippen LogP contribution >= 0.6 is 0 Å². The second-order valence-electron chi connectivity index (χ2n) is 14.8. The van der Waals surface area contributed by atoms with Crippen LogP contribution in [0.3, 0.4) is 0 Å². The van der Waals surface area contributed by atoms with Gasteiger partial charge in [0.05, 0.1) is 27.8 Å². The maximum Gasteiger partial charge on any atom is 0.164 e. The van der Waals surface area contributed by atoms with E-state index in [9.17, 15) is 0 Å². The van der Waals surface area contributed by atoms with Gasteiger partial charge in [-0.2, -0.15) is 0 Å². The first-order chi connectivity index (χ1) is 28.8. The van der Waals surface area contributed by atoms with Crippen molar-refractivity contribution < 1.29 is 0 Å². The molecule has 5 heteroatoms. The second kappa shape index (κ2) is 12.8. The maximum absolute atomic E-state index is 5.08. The molecule has 0 N–H and O–H groups in total. The van der Waals surface area contributed by atoms with Gasteiger partial charge in [-0.3, -0.25) is 0 Å². The van der Waals surface area contributed by atoms with Crippen LogP contribution in [0.2, 0.25) is 0 Å². The molecule has 0 aliphatic carbocycles. The van der Waals surface area contributed by atoms with Gasteiger partial charge in [-0.1, -0.05) is 140 Å². The number of aromatic nitrogens is 5. The van der Waals surface area contributed by atoms with Gasteiger partial charge in [0.25, 0.3) is 0 Å². The van der Waals surface area contributed by atoms with Crippen LogP contribution in [-0.2, 0) is 0 Å². The first-order valence-corrected chi connectivity index (χ1v) is 19.6. The Morgan fingerprint density at radius 1 is 0.293 bits per heavy atom. The molecule has 270 valence electrons. The molecule has 0 bridgehead atoms. The molecule has 12 rings (SSSR count). The molecule has 3 heterocycles. The fourth-order valence-corrected chi connectivity index (χ4v) is 8.90. The maximum atomic E-state index is 5.08. The van der Waals surface area contributed by atoms with Gasteiger partial charge >= 0.3 is 0 Å². The molecule has 0 saturated heterocycles. The van der Waals surface area contributed by atoms with Crippen molar-refractivity contribution >= 4 is 65.2 Å². The summed E-state index contributed by atoms with van der Waals surface area (Å²) < 4.78 is 4.83. The Labute approximate surface area is 333 Å². The highest BCUT2D eigenvalue weighted by atomic mass is 15.0. The molecular weight excluding hydrogens is 707 g/mol. The minimum Gasteiger partial charge on any atom is -0.309 e. The molecule has 0 radical (unpaired) electrons. The van der Waals surface area contributed by atoms with Crippen molar-refractivity contribution in [3.05, 3.63) is 200 Å². The topological polar surface area (TPSA) is 48.5 Å². The highest BCUT2D eigenvalue weighted by Gasteiger charge is 2.21. The van der Waals surface area contributed by atoms with Crippen LogP contribution in [0.5, 0.6) is 0 Å². The van der Waals surface area contributed by atoms with E-state index in [1.54, 1.807) is 0 Å². The number of hydrogen-bond acceptors (Lipinski definition) is 3. The second-order valence-corrected chi connectivity index (χ2v) is 14.8. The average Bonchev–Trinajstić information content (AvgIpc) is 3.81. The van der Waals surface area contributed by atoms with Crippen LogP contribution in [-0.4, -0.2) is 24.1 Å². The Kier molecular flexibility index (Phi) is 7.16. The molecule has 0 atom stereocenters. The highest BCUT2D eigenvalue weighted by molar-refractivity contribution is 6.29. The zero-order chi connectivity index (χ0) is 38.2. The van der Waals surface area contributed by atoms with Crippen molar-refractivity contribution in [2.45, 2.75) is 0 Å². The van der Waals surface area contributed by atoms with E-state index >= 15 is 0 Å². The number of rotatable bonds is 5. The number of nitrogens with zero attached hydrogens (tertiary/aromatic N) is 5. The van der Waals surface area contributed by atoms with E-state index in [1.165, 1.54) is 54.4 Å². The Bertz CT molecular complexity index is 3560. The van der Waals surface area contributed by atoms with Crippen molar-refractivity contribution in [1.82, 2.24) is 24.1 Å². The standard InChI is InChI=1S/C53H33N5/c1-2-15-36(16-3-1)51-54-52(56-53(55-51)39-26-25-34-13-4-5-17-38(34)33-39)37-27-29-40(30-28-37)57-45-22-10-8-20-42(45)49-47(57)31-32-48-50(49)43-21-9-11-23-46(43)58(48)44-24-12-18-35-14-6-7-19-41(35)44/h1-33H. The lowest BCUT2D eigenvalue weighted by atomic mass is 10.1. The van der Waals surface area contributed by atoms with E-state index in [-0.39, 0.29) is 0 Å². The molecule has 3 aromatic heterocycles. The highest BCUT2D eigenvalue weighted by Crippen LogP contribution is 2.43. The summed E-state index contributed by atoms with van der Waals surface area (Å²) in [6.07, 6.45) is 0. The number of fused-ring (bicyclic) bond motifs is 9. The van der Waals surface area contributed by atoms with Crippen molar-refractivity contribution in [3.8, 4) is 45.5 Å². The summed E-state index contributed by atoms with van der Waals surface area (Å²) in [5.41, 5.74) is 9.77. The summed E-state index contributed by atoms with van der Waals surface area (Å²) in [5, 5.41) is 9.75. The average molecular weight is 740 g/mol. The van der Waals surface area contributed by atoms with Crippen LogP contribution in [0.25, 0.3) is 111 Å². The van der Waals surface area contributed by atoms with E-state index in [0.717, 1.165) is 38.8 Å². The Balaban J connectivity index is 1.04. The summed E-state index contributed by atoms with van der Waals surface area (Å²) in [4.78, 5) is 15.1. The van der Waals surface area contributed by atoms with Crippen molar-refractivity contribution in [2.75, 3.05) is 0 Å². The lowest BCUT2D eigenvalue weighted by molar-refractivity contribution is 1.07. The predicted octanol–water partition coefficient (Wildman–Crippen LogP) is 13.4. The zero-order valence-electron chi connectivity index (χ0n) is 31.3. The largest absolute Gasteiger partial charge is 0.309 e. The van der Waals surface area contributed by atoms with Crippen molar-refractivity contribution in [1.29, 1.82) is 0 Å². The smallest absolute Gasteiger partial charge is 0.164 e. The monoisotopic (exact) mass is 739 g/mol. The summed E-state index contributed by atoms with van der Waals surface area (Å²) in [7, 11) is 0. The lowest BCUT2D eigenvalue weighted by Gasteiger charge is -2.12. The summed E-state index contributed by atoms with van der Waals surface area (Å²) >= 11 is 0. The van der Waals surface area contributed by atoms with Crippen molar-refractivity contribution in [3.63, 3.8) is 0 Å². The van der Waals surface area contributed by atoms with E-state index in [2.05, 4.69) is 179 Å². The van der Waals surface area contributed by atoms with E-state index in [1.807, 2.05) is 30.3 Å². The summed E-state index contributed by atoms with van der Waals surface area (Å²) in [5.74, 6) is 1.92. The van der Waals surface area contributed by atoms with Crippen LogP contribution in [0.4, 0.5) is 0 Å². The fourth-order valence-electron chi connectivity index (χ4n) is 8.90. The third-order valence-corrected chi connectivity index (χ3v) is 11.5. The Morgan fingerprint density at radius 3 is 1.50 bits per heavy atom. The van der Waals surface area contributed by atoms with Crippen LogP contribution in [0.1, 0.15) is 0 Å². The van der Waals surface area contributed by atoms with Gasteiger partial charge in [0.1, 0.15) is 0 Å². The van der Waals surface area contributed by atoms with Crippen LogP contribution in [0, 0.1) is 0 Å². The molecule has 0 saturated carbocycles. The number of para-hydroxylation sites is 2. The molecule has 0 unspecified atom stereocenters. The van der Waals surface area contributed by atoms with Crippen LogP contribution in [0.15, 0.2) is 200 Å². The molecule has 0 aliphatic rings. The van der Waals surface area contributed by atoms with Gasteiger partial charge in [0.15, 0.2) is 17.5 Å². The molecule has 9 aromatic carbocycles. The van der Waals surface area contributed by atoms with Gasteiger partial charge in [0, 0.05) is 49.3 Å². The van der Waals surface area contributed by atoms with Gasteiger partial charge in [0.2, 0.25) is 0 Å². The molecule has 0 fully saturated rings. The van der Waals surface area contributed by atoms with Gasteiger partial charge < -0.3 is 9.13 Å². The van der Waals surface area contributed by atoms with Gasteiger partial charge in [-0.15, -0.1) is 0 Å². The van der Waals surface area contributed by atoms with Gasteiger partial charge in [-0.25, -0.2) is 15.0 Å². The third-order valence-electron chi connectivity index (χ3n) is 11.5. The fraction of sp³-hybridized carbons (Fsp3) is 0. The molecule has 0 amide bonds. The SMILES string of the molecule is c1ccc(-c2nc(-c3ccc(-n4c5ccccc5c5c6c7ccccc7n(-c7cccc8ccccc78)c6ccc54)cc3)nc(-c3ccc4ccccc4c3)n2)cc1. The Hall–Kier alpha value is -7.89. The normalized spacial score (nSPS) is 11.8. The first-order valence-electron chi connectivity index (χ1n) is 19.6. The molecule has 58 heavy (non-hydrogen) atoms. The molecular formula is C53H33N5. The Morgan fingerprint density at radius 2 is 0.793 bits per heavy atom. The van der Waals surface area contributed by atoms with E-state index < -0.39 is 0 Å². The first kappa shape index (κ1) is 32.4. The zero-order valence-corrected chi connectivity index (χ0v) is 31.3. The third kappa shape index (κ3) is 5.00. The summed E-state index contributed by atoms with van der Waals surface area (Å²) in [6, 6.07) is 71.0. The predicted molar refractivity (Wildman–Crippen MR) is 240 cm³/mol. The molecule has 0 aliphatic heterocycles. The number of hydrogen-bond donors (Lipinski definition) is 0. The quantitative estimate of drug-likeness (QED) is 0.177. The minimum atomic E-state index is 0.633. The van der Waals surface area contributed by atoms with E-state index in [0.29, 0.717) is 17.5 Å². The van der Waals surface area contributed by atoms with E-state index in [4.69, 9.17) is 15.0 Å². The minimum absolute atomic E-state index is 0.633. The molecule has 5 nitrogen and oxygen atoms in total. The summed E-state index contributed by atoms with van der Waals surface area (Å²) in [6.45, 7) is 0.